The van der Waals surface area contributed by atoms with Crippen LogP contribution in [0.5, 0.6) is 0 Å². The Labute approximate surface area is 138 Å². The Morgan fingerprint density at radius 3 is 2.26 bits per heavy atom. The number of hydrogen-bond acceptors (Lipinski definition) is 1. The molecule has 0 aromatic heterocycles. The van der Waals surface area contributed by atoms with Crippen LogP contribution >= 0.6 is 0 Å². The smallest absolute Gasteiger partial charge is 0.314 e. The normalized spacial score (nSPS) is 11.5. The third-order valence-electron chi connectivity index (χ3n) is 3.67. The summed E-state index contributed by atoms with van der Waals surface area (Å²) < 4.78 is 0. The minimum Gasteiger partial charge on any atom is -0.314 e. The first-order valence-corrected chi connectivity index (χ1v) is 7.76. The van der Waals surface area contributed by atoms with Crippen molar-refractivity contribution < 1.29 is 4.79 Å². The topological polar surface area (TPSA) is 41.1 Å². The SMILES string of the molecule is Cc1ccccc1/C=C/NC(=O)Nc1ccc(C(C)(C)C)cc1. The molecular weight excluding hydrogens is 284 g/mol. The van der Waals surface area contributed by atoms with Crippen molar-refractivity contribution >= 4 is 17.8 Å². The second-order valence-corrected chi connectivity index (χ2v) is 6.62. The van der Waals surface area contributed by atoms with E-state index in [0.717, 1.165) is 11.3 Å². The molecule has 2 N–H and O–H groups in total. The fourth-order valence-electron chi connectivity index (χ4n) is 2.20. The molecule has 0 bridgehead atoms. The predicted molar refractivity (Wildman–Crippen MR) is 97.5 cm³/mol. The Morgan fingerprint density at radius 2 is 1.65 bits per heavy atom. The lowest BCUT2D eigenvalue weighted by Crippen LogP contribution is -2.23. The van der Waals surface area contributed by atoms with Gasteiger partial charge in [0.25, 0.3) is 0 Å². The Balaban J connectivity index is 1.91. The molecule has 0 aliphatic carbocycles. The van der Waals surface area contributed by atoms with E-state index in [2.05, 4.69) is 31.4 Å². The van der Waals surface area contributed by atoms with Crippen molar-refractivity contribution in [3.8, 4) is 0 Å². The summed E-state index contributed by atoms with van der Waals surface area (Å²) >= 11 is 0. The summed E-state index contributed by atoms with van der Waals surface area (Å²) in [6.45, 7) is 8.53. The summed E-state index contributed by atoms with van der Waals surface area (Å²) in [5.74, 6) is 0. The van der Waals surface area contributed by atoms with Gasteiger partial charge < -0.3 is 10.6 Å². The fourth-order valence-corrected chi connectivity index (χ4v) is 2.20. The van der Waals surface area contributed by atoms with Crippen molar-refractivity contribution in [1.82, 2.24) is 5.32 Å². The third kappa shape index (κ3) is 4.99. The molecular formula is C20H24N2O. The molecule has 0 aliphatic rings. The molecule has 2 aromatic rings. The highest BCUT2D eigenvalue weighted by atomic mass is 16.2. The zero-order valence-electron chi connectivity index (χ0n) is 14.2. The summed E-state index contributed by atoms with van der Waals surface area (Å²) in [4.78, 5) is 11.9. The van der Waals surface area contributed by atoms with Crippen LogP contribution in [0.15, 0.2) is 54.7 Å². The molecule has 0 atom stereocenters. The van der Waals surface area contributed by atoms with Crippen LogP contribution in [0, 0.1) is 6.92 Å². The van der Waals surface area contributed by atoms with E-state index in [1.165, 1.54) is 11.1 Å². The molecule has 0 radical (unpaired) electrons. The van der Waals surface area contributed by atoms with Gasteiger partial charge >= 0.3 is 6.03 Å². The zero-order chi connectivity index (χ0) is 16.9. The lowest BCUT2D eigenvalue weighted by Gasteiger charge is -2.19. The summed E-state index contributed by atoms with van der Waals surface area (Å²) in [6.07, 6.45) is 3.54. The van der Waals surface area contributed by atoms with Crippen molar-refractivity contribution in [2.75, 3.05) is 5.32 Å². The van der Waals surface area contributed by atoms with Crippen LogP contribution in [0.2, 0.25) is 0 Å². The van der Waals surface area contributed by atoms with Crippen LogP contribution in [0.1, 0.15) is 37.5 Å². The maximum atomic E-state index is 11.9. The molecule has 0 fully saturated rings. The first kappa shape index (κ1) is 16.8. The number of benzene rings is 2. The van der Waals surface area contributed by atoms with Crippen molar-refractivity contribution in [2.45, 2.75) is 33.1 Å². The van der Waals surface area contributed by atoms with Gasteiger partial charge in [0.05, 0.1) is 0 Å². The van der Waals surface area contributed by atoms with E-state index in [4.69, 9.17) is 0 Å². The van der Waals surface area contributed by atoms with E-state index in [0.29, 0.717) is 0 Å². The second kappa shape index (κ2) is 7.14. The number of hydrogen-bond donors (Lipinski definition) is 2. The molecule has 0 saturated heterocycles. The van der Waals surface area contributed by atoms with Crippen LogP contribution in [-0.2, 0) is 5.41 Å². The molecule has 3 heteroatoms. The number of carbonyl (C=O) groups is 1. The average Bonchev–Trinajstić information content (AvgIpc) is 2.49. The lowest BCUT2D eigenvalue weighted by atomic mass is 9.87. The Hall–Kier alpha value is -2.55. The molecule has 120 valence electrons. The number of urea groups is 1. The molecule has 2 aromatic carbocycles. The van der Waals surface area contributed by atoms with Gasteiger partial charge in [0.2, 0.25) is 0 Å². The Bertz CT molecular complexity index is 694. The number of rotatable bonds is 3. The van der Waals surface area contributed by atoms with E-state index < -0.39 is 0 Å². The molecule has 2 amide bonds. The van der Waals surface area contributed by atoms with Crippen molar-refractivity contribution in [3.63, 3.8) is 0 Å². The summed E-state index contributed by atoms with van der Waals surface area (Å²) in [6, 6.07) is 15.7. The van der Waals surface area contributed by atoms with Gasteiger partial charge in [0.1, 0.15) is 0 Å². The molecule has 0 spiro atoms. The van der Waals surface area contributed by atoms with E-state index in [-0.39, 0.29) is 11.4 Å². The molecule has 0 unspecified atom stereocenters. The number of aryl methyl sites for hydroxylation is 1. The highest BCUT2D eigenvalue weighted by Crippen LogP contribution is 2.23. The Morgan fingerprint density at radius 1 is 1.00 bits per heavy atom. The van der Waals surface area contributed by atoms with Gasteiger partial charge in [0, 0.05) is 11.9 Å². The number of amides is 2. The molecule has 2 rings (SSSR count). The molecule has 0 saturated carbocycles. The lowest BCUT2D eigenvalue weighted by molar-refractivity contribution is 0.255. The fraction of sp³-hybridized carbons (Fsp3) is 0.250. The summed E-state index contributed by atoms with van der Waals surface area (Å²) in [7, 11) is 0. The molecule has 23 heavy (non-hydrogen) atoms. The maximum Gasteiger partial charge on any atom is 0.323 e. The largest absolute Gasteiger partial charge is 0.323 e. The Kier molecular flexibility index (Phi) is 5.22. The first-order chi connectivity index (χ1) is 10.9. The third-order valence-corrected chi connectivity index (χ3v) is 3.67. The maximum absolute atomic E-state index is 11.9. The molecule has 0 aliphatic heterocycles. The van der Waals surface area contributed by atoms with Crippen LogP contribution < -0.4 is 10.6 Å². The van der Waals surface area contributed by atoms with E-state index in [1.807, 2.05) is 61.5 Å². The minimum absolute atomic E-state index is 0.108. The summed E-state index contributed by atoms with van der Waals surface area (Å²) in [5, 5.41) is 5.54. The number of nitrogens with one attached hydrogen (secondary N) is 2. The highest BCUT2D eigenvalue weighted by molar-refractivity contribution is 5.90. The first-order valence-electron chi connectivity index (χ1n) is 7.76. The highest BCUT2D eigenvalue weighted by Gasteiger charge is 2.12. The van der Waals surface area contributed by atoms with Gasteiger partial charge in [-0.2, -0.15) is 0 Å². The van der Waals surface area contributed by atoms with Crippen molar-refractivity contribution in [1.29, 1.82) is 0 Å². The van der Waals surface area contributed by atoms with Crippen LogP contribution in [-0.4, -0.2) is 6.03 Å². The van der Waals surface area contributed by atoms with E-state index >= 15 is 0 Å². The van der Waals surface area contributed by atoms with Crippen LogP contribution in [0.25, 0.3) is 6.08 Å². The van der Waals surface area contributed by atoms with Crippen molar-refractivity contribution in [3.05, 3.63) is 71.4 Å². The monoisotopic (exact) mass is 308 g/mol. The van der Waals surface area contributed by atoms with Gasteiger partial charge in [0.15, 0.2) is 0 Å². The van der Waals surface area contributed by atoms with E-state index in [1.54, 1.807) is 6.20 Å². The van der Waals surface area contributed by atoms with Crippen molar-refractivity contribution in [2.24, 2.45) is 0 Å². The van der Waals surface area contributed by atoms with Gasteiger partial charge in [-0.3, -0.25) is 0 Å². The molecule has 3 nitrogen and oxygen atoms in total. The van der Waals surface area contributed by atoms with Gasteiger partial charge in [-0.1, -0.05) is 57.2 Å². The average molecular weight is 308 g/mol. The predicted octanol–water partition coefficient (Wildman–Crippen LogP) is 5.08. The van der Waals surface area contributed by atoms with Crippen LogP contribution in [0.3, 0.4) is 0 Å². The summed E-state index contributed by atoms with van der Waals surface area (Å²) in [5.41, 5.74) is 4.38. The van der Waals surface area contributed by atoms with Gasteiger partial charge in [-0.05, 0) is 47.2 Å². The zero-order valence-corrected chi connectivity index (χ0v) is 14.2. The molecule has 0 heterocycles. The number of carbonyl (C=O) groups excluding carboxylic acids is 1. The number of anilines is 1. The van der Waals surface area contributed by atoms with Crippen LogP contribution in [0.4, 0.5) is 10.5 Å². The quantitative estimate of drug-likeness (QED) is 0.815. The van der Waals surface area contributed by atoms with E-state index in [9.17, 15) is 4.79 Å². The minimum atomic E-state index is -0.252. The van der Waals surface area contributed by atoms with Gasteiger partial charge in [-0.25, -0.2) is 4.79 Å². The second-order valence-electron chi connectivity index (χ2n) is 6.62. The van der Waals surface area contributed by atoms with Gasteiger partial charge in [-0.15, -0.1) is 0 Å². The standard InChI is InChI=1S/C20H24N2O/c1-15-7-5-6-8-16(15)13-14-21-19(23)22-18-11-9-17(10-12-18)20(2,3)4/h5-14H,1-4H3,(H2,21,22,23)/b14-13+.